The van der Waals surface area contributed by atoms with E-state index >= 15 is 0 Å². The van der Waals surface area contributed by atoms with Crippen molar-refractivity contribution in [3.8, 4) is 0 Å². The smallest absolute Gasteiger partial charge is 0.266 e. The van der Waals surface area contributed by atoms with Gasteiger partial charge in [-0.25, -0.2) is 8.42 Å². The third-order valence-corrected chi connectivity index (χ3v) is 5.08. The molecule has 2 N–H and O–H groups in total. The van der Waals surface area contributed by atoms with Crippen molar-refractivity contribution in [2.45, 2.75) is 4.90 Å². The van der Waals surface area contributed by atoms with Crippen molar-refractivity contribution >= 4 is 55.1 Å². The third kappa shape index (κ3) is 4.21. The Balaban J connectivity index is 2.14. The van der Waals surface area contributed by atoms with Crippen molar-refractivity contribution in [1.29, 1.82) is 0 Å². The summed E-state index contributed by atoms with van der Waals surface area (Å²) < 4.78 is 25.0. The molecule has 2 aromatic carbocycles. The Hall–Kier alpha value is -1.12. The first-order valence-electron chi connectivity index (χ1n) is 5.82. The van der Waals surface area contributed by atoms with E-state index in [0.29, 0.717) is 5.56 Å². The van der Waals surface area contributed by atoms with Gasteiger partial charge in [0, 0.05) is 15.1 Å². The number of nitrogens with one attached hydrogen (secondary N) is 2. The fourth-order valence-corrected chi connectivity index (χ4v) is 3.39. The van der Waals surface area contributed by atoms with Crippen LogP contribution in [0.1, 0.15) is 10.4 Å². The molecular formula is C13H9BrCl2N2O3S. The Bertz CT molecular complexity index is 811. The van der Waals surface area contributed by atoms with E-state index in [0.717, 1.165) is 4.47 Å². The fourth-order valence-electron chi connectivity index (χ4n) is 1.53. The van der Waals surface area contributed by atoms with Crippen molar-refractivity contribution < 1.29 is 13.2 Å². The molecule has 5 nitrogen and oxygen atoms in total. The van der Waals surface area contributed by atoms with Gasteiger partial charge in [-0.15, -0.1) is 4.83 Å². The van der Waals surface area contributed by atoms with E-state index in [9.17, 15) is 13.2 Å². The van der Waals surface area contributed by atoms with Crippen LogP contribution >= 0.6 is 39.1 Å². The highest BCUT2D eigenvalue weighted by Crippen LogP contribution is 2.24. The molecule has 0 atom stereocenters. The molecule has 0 saturated carbocycles. The monoisotopic (exact) mass is 422 g/mol. The van der Waals surface area contributed by atoms with E-state index in [2.05, 4.69) is 21.4 Å². The number of rotatable bonds is 4. The summed E-state index contributed by atoms with van der Waals surface area (Å²) in [6.07, 6.45) is 0. The van der Waals surface area contributed by atoms with Crippen LogP contribution in [0.2, 0.25) is 10.0 Å². The van der Waals surface area contributed by atoms with Gasteiger partial charge in [-0.3, -0.25) is 10.2 Å². The molecule has 0 aromatic heterocycles. The molecule has 0 aliphatic rings. The van der Waals surface area contributed by atoms with Crippen molar-refractivity contribution in [2.75, 3.05) is 0 Å². The second-order valence-corrected chi connectivity index (χ2v) is 7.55. The molecule has 2 rings (SSSR count). The average Bonchev–Trinajstić information content (AvgIpc) is 2.48. The number of benzene rings is 2. The molecule has 1 amide bonds. The topological polar surface area (TPSA) is 75.3 Å². The first-order chi connectivity index (χ1) is 10.3. The van der Waals surface area contributed by atoms with Crippen LogP contribution in [-0.4, -0.2) is 14.3 Å². The quantitative estimate of drug-likeness (QED) is 0.740. The summed E-state index contributed by atoms with van der Waals surface area (Å²) in [6.45, 7) is 0. The third-order valence-electron chi connectivity index (χ3n) is 2.59. The lowest BCUT2D eigenvalue weighted by molar-refractivity contribution is 0.0945. The second kappa shape index (κ2) is 6.97. The van der Waals surface area contributed by atoms with Crippen LogP contribution in [0.5, 0.6) is 0 Å². The van der Waals surface area contributed by atoms with Crippen LogP contribution in [-0.2, 0) is 10.0 Å². The van der Waals surface area contributed by atoms with Gasteiger partial charge in [0.2, 0.25) is 0 Å². The van der Waals surface area contributed by atoms with Crippen LogP contribution in [0.25, 0.3) is 0 Å². The molecule has 0 radical (unpaired) electrons. The zero-order valence-corrected chi connectivity index (χ0v) is 14.7. The minimum absolute atomic E-state index is 0.00482. The molecule has 116 valence electrons. The summed E-state index contributed by atoms with van der Waals surface area (Å²) in [5.41, 5.74) is 2.40. The number of halogens is 3. The number of sulfonamides is 1. The van der Waals surface area contributed by atoms with Gasteiger partial charge in [0.05, 0.1) is 5.02 Å². The van der Waals surface area contributed by atoms with Gasteiger partial charge >= 0.3 is 0 Å². The first kappa shape index (κ1) is 17.2. The van der Waals surface area contributed by atoms with E-state index in [1.54, 1.807) is 24.3 Å². The highest BCUT2D eigenvalue weighted by Gasteiger charge is 2.19. The number of amides is 1. The van der Waals surface area contributed by atoms with E-state index < -0.39 is 15.9 Å². The van der Waals surface area contributed by atoms with Crippen LogP contribution < -0.4 is 10.3 Å². The van der Waals surface area contributed by atoms with Gasteiger partial charge in [0.1, 0.15) is 4.90 Å². The van der Waals surface area contributed by atoms with Crippen LogP contribution in [0.3, 0.4) is 0 Å². The van der Waals surface area contributed by atoms with Gasteiger partial charge in [-0.05, 0) is 42.5 Å². The molecule has 0 saturated heterocycles. The maximum atomic E-state index is 12.1. The number of carbonyl (C=O) groups is 1. The van der Waals surface area contributed by atoms with E-state index in [1.807, 2.05) is 4.83 Å². The molecule has 9 heteroatoms. The largest absolute Gasteiger partial charge is 0.273 e. The van der Waals surface area contributed by atoms with Gasteiger partial charge in [0.25, 0.3) is 15.9 Å². The highest BCUT2D eigenvalue weighted by atomic mass is 79.9. The zero-order chi connectivity index (χ0) is 16.3. The summed E-state index contributed by atoms with van der Waals surface area (Å²) in [7, 11) is -4.03. The van der Waals surface area contributed by atoms with Gasteiger partial charge in [-0.1, -0.05) is 39.1 Å². The van der Waals surface area contributed by atoms with E-state index in [1.165, 1.54) is 18.2 Å². The van der Waals surface area contributed by atoms with Crippen molar-refractivity contribution in [3.05, 3.63) is 62.5 Å². The summed E-state index contributed by atoms with van der Waals surface area (Å²) in [6, 6.07) is 10.4. The van der Waals surface area contributed by atoms with Gasteiger partial charge in [0.15, 0.2) is 0 Å². The molecule has 2 aromatic rings. The minimum atomic E-state index is -4.03. The standard InChI is InChI=1S/C13H9BrCl2N2O3S/c14-9-3-1-8(2-4-9)13(19)17-18-22(20,21)12-7-10(15)5-6-11(12)16/h1-7,18H,(H,17,19). The zero-order valence-electron chi connectivity index (χ0n) is 10.8. The molecule has 0 aliphatic heterocycles. The van der Waals surface area contributed by atoms with Crippen LogP contribution in [0, 0.1) is 0 Å². The molecule has 0 fully saturated rings. The highest BCUT2D eigenvalue weighted by molar-refractivity contribution is 9.10. The summed E-state index contributed by atoms with van der Waals surface area (Å²) in [5.74, 6) is -0.603. The SMILES string of the molecule is O=C(NNS(=O)(=O)c1cc(Cl)ccc1Cl)c1ccc(Br)cc1. The molecule has 0 heterocycles. The molecule has 0 bridgehead atoms. The van der Waals surface area contributed by atoms with E-state index in [4.69, 9.17) is 23.2 Å². The first-order valence-corrected chi connectivity index (χ1v) is 8.85. The normalized spacial score (nSPS) is 11.2. The predicted octanol–water partition coefficient (Wildman–Crippen LogP) is 3.38. The van der Waals surface area contributed by atoms with Gasteiger partial charge in [-0.2, -0.15) is 0 Å². The Morgan fingerprint density at radius 2 is 1.68 bits per heavy atom. The summed E-state index contributed by atoms with van der Waals surface area (Å²) >= 11 is 14.8. The lowest BCUT2D eigenvalue weighted by Gasteiger charge is -2.10. The van der Waals surface area contributed by atoms with Gasteiger partial charge < -0.3 is 0 Å². The molecule has 0 unspecified atom stereocenters. The molecule has 22 heavy (non-hydrogen) atoms. The molecular weight excluding hydrogens is 415 g/mol. The van der Waals surface area contributed by atoms with Crippen LogP contribution in [0.15, 0.2) is 51.8 Å². The summed E-state index contributed by atoms with van der Waals surface area (Å²) in [5, 5.41) is 0.207. The molecule has 0 aliphatic carbocycles. The maximum Gasteiger partial charge on any atom is 0.266 e. The number of hydrogen-bond donors (Lipinski definition) is 2. The van der Waals surface area contributed by atoms with Crippen molar-refractivity contribution in [3.63, 3.8) is 0 Å². The molecule has 0 spiro atoms. The number of hydrogen-bond acceptors (Lipinski definition) is 3. The Morgan fingerprint density at radius 3 is 2.32 bits per heavy atom. The minimum Gasteiger partial charge on any atom is -0.273 e. The van der Waals surface area contributed by atoms with Crippen molar-refractivity contribution in [1.82, 2.24) is 10.3 Å². The Morgan fingerprint density at radius 1 is 1.05 bits per heavy atom. The lowest BCUT2D eigenvalue weighted by Crippen LogP contribution is -2.41. The van der Waals surface area contributed by atoms with Crippen molar-refractivity contribution in [2.24, 2.45) is 0 Å². The van der Waals surface area contributed by atoms with E-state index in [-0.39, 0.29) is 14.9 Å². The Labute approximate surface area is 145 Å². The maximum absolute atomic E-state index is 12.1. The number of hydrazine groups is 1. The lowest BCUT2D eigenvalue weighted by atomic mass is 10.2. The second-order valence-electron chi connectivity index (χ2n) is 4.14. The Kier molecular flexibility index (Phi) is 5.46. The average molecular weight is 424 g/mol. The summed E-state index contributed by atoms with van der Waals surface area (Å²) in [4.78, 5) is 13.6. The fraction of sp³-hybridized carbons (Fsp3) is 0. The van der Waals surface area contributed by atoms with Crippen LogP contribution in [0.4, 0.5) is 0 Å². The predicted molar refractivity (Wildman–Crippen MR) is 88.4 cm³/mol. The number of carbonyl (C=O) groups excluding carboxylic acids is 1.